The summed E-state index contributed by atoms with van der Waals surface area (Å²) in [5, 5.41) is 8.62. The number of aliphatic carboxylic acids is 1. The van der Waals surface area contributed by atoms with Crippen molar-refractivity contribution in [2.75, 3.05) is 13.7 Å². The van der Waals surface area contributed by atoms with Crippen molar-refractivity contribution >= 4 is 5.97 Å². The van der Waals surface area contributed by atoms with E-state index in [1.165, 1.54) is 12.1 Å². The van der Waals surface area contributed by atoms with Crippen molar-refractivity contribution < 1.29 is 32.5 Å². The molecule has 0 atom stereocenters. The van der Waals surface area contributed by atoms with Gasteiger partial charge in [-0.15, -0.1) is 13.2 Å². The molecule has 22 heavy (non-hydrogen) atoms. The van der Waals surface area contributed by atoms with Crippen LogP contribution >= 0.6 is 0 Å². The molecule has 0 aromatic heterocycles. The molecule has 1 aromatic rings. The van der Waals surface area contributed by atoms with Gasteiger partial charge in [0.1, 0.15) is 5.75 Å². The molecular weight excluding hydrogens is 301 g/mol. The minimum Gasteiger partial charge on any atom is -0.481 e. The minimum atomic E-state index is -4.82. The summed E-state index contributed by atoms with van der Waals surface area (Å²) in [5.74, 6) is -1.66. The van der Waals surface area contributed by atoms with Gasteiger partial charge in [0, 0.05) is 19.3 Å². The van der Waals surface area contributed by atoms with Gasteiger partial charge < -0.3 is 14.6 Å². The molecule has 4 nitrogen and oxygen atoms in total. The molecule has 7 heteroatoms. The van der Waals surface area contributed by atoms with Gasteiger partial charge in [-0.1, -0.05) is 26.0 Å². The van der Waals surface area contributed by atoms with Crippen molar-refractivity contribution in [3.8, 4) is 5.75 Å². The molecule has 0 saturated heterocycles. The molecule has 0 aliphatic rings. The average Bonchev–Trinajstić information content (AvgIpc) is 2.40. The Balaban J connectivity index is 0.000000763. The highest BCUT2D eigenvalue weighted by molar-refractivity contribution is 5.71. The third kappa shape index (κ3) is 9.23. The first kappa shape index (κ1) is 20.2. The molecule has 0 amide bonds. The van der Waals surface area contributed by atoms with Crippen LogP contribution in [0.25, 0.3) is 0 Å². The Morgan fingerprint density at radius 1 is 1.27 bits per heavy atom. The van der Waals surface area contributed by atoms with Crippen LogP contribution in [0.2, 0.25) is 0 Å². The van der Waals surface area contributed by atoms with E-state index in [9.17, 15) is 18.0 Å². The molecule has 0 fully saturated rings. The first-order valence-corrected chi connectivity index (χ1v) is 6.81. The van der Waals surface area contributed by atoms with Gasteiger partial charge in [-0.2, -0.15) is 0 Å². The normalized spacial score (nSPS) is 10.6. The number of hydrogen-bond acceptors (Lipinski definition) is 3. The Hall–Kier alpha value is -1.76. The maximum atomic E-state index is 12.1. The molecule has 0 unspecified atom stereocenters. The van der Waals surface area contributed by atoms with E-state index in [0.717, 1.165) is 24.7 Å². The second-order valence-electron chi connectivity index (χ2n) is 4.41. The Morgan fingerprint density at radius 3 is 2.27 bits per heavy atom. The molecule has 1 aromatic carbocycles. The van der Waals surface area contributed by atoms with Gasteiger partial charge in [0.15, 0.2) is 0 Å². The number of aryl methyl sites for hydroxylation is 1. The van der Waals surface area contributed by atoms with Crippen molar-refractivity contribution in [1.82, 2.24) is 0 Å². The first-order chi connectivity index (χ1) is 10.2. The standard InChI is InChI=1S/C11H11F3O3.C4H10O/c1-2-7-3-4-9(17-11(12,13)14)8(5-7)6-10(15)16;1-3-4-5-2/h3-5H,2,6H2,1H3,(H,15,16);3-4H2,1-2H3. The monoisotopic (exact) mass is 322 g/mol. The number of carboxylic acid groups (broad SMARTS) is 1. The van der Waals surface area contributed by atoms with Crippen molar-refractivity contribution in [1.29, 1.82) is 0 Å². The highest BCUT2D eigenvalue weighted by atomic mass is 19.4. The van der Waals surface area contributed by atoms with Crippen LogP contribution in [0.5, 0.6) is 5.75 Å². The molecule has 0 spiro atoms. The highest BCUT2D eigenvalue weighted by Gasteiger charge is 2.32. The smallest absolute Gasteiger partial charge is 0.481 e. The number of methoxy groups -OCH3 is 1. The lowest BCUT2D eigenvalue weighted by atomic mass is 10.1. The maximum Gasteiger partial charge on any atom is 0.573 e. The molecule has 126 valence electrons. The van der Waals surface area contributed by atoms with Crippen LogP contribution in [0, 0.1) is 0 Å². The second-order valence-corrected chi connectivity index (χ2v) is 4.41. The number of carboxylic acids is 1. The van der Waals surface area contributed by atoms with Crippen molar-refractivity contribution in [3.63, 3.8) is 0 Å². The lowest BCUT2D eigenvalue weighted by Gasteiger charge is -2.13. The van der Waals surface area contributed by atoms with Crippen molar-refractivity contribution in [2.45, 2.75) is 39.5 Å². The van der Waals surface area contributed by atoms with E-state index in [2.05, 4.69) is 11.7 Å². The molecule has 0 radical (unpaired) electrons. The summed E-state index contributed by atoms with van der Waals surface area (Å²) in [4.78, 5) is 10.5. The number of rotatable bonds is 6. The van der Waals surface area contributed by atoms with Crippen LogP contribution < -0.4 is 4.74 Å². The van der Waals surface area contributed by atoms with Gasteiger partial charge in [0.05, 0.1) is 6.42 Å². The van der Waals surface area contributed by atoms with Crippen LogP contribution in [0.15, 0.2) is 18.2 Å². The molecule has 0 saturated carbocycles. The van der Waals surface area contributed by atoms with E-state index in [4.69, 9.17) is 9.84 Å². The molecule has 0 heterocycles. The summed E-state index contributed by atoms with van der Waals surface area (Å²) in [6, 6.07) is 4.03. The number of halogens is 3. The van der Waals surface area contributed by atoms with E-state index in [1.807, 2.05) is 6.92 Å². The zero-order valence-corrected chi connectivity index (χ0v) is 12.9. The summed E-state index contributed by atoms with van der Waals surface area (Å²) < 4.78 is 44.7. The Labute approximate surface area is 127 Å². The van der Waals surface area contributed by atoms with E-state index < -0.39 is 24.5 Å². The van der Waals surface area contributed by atoms with Gasteiger partial charge in [-0.25, -0.2) is 0 Å². The van der Waals surface area contributed by atoms with Crippen LogP contribution in [0.4, 0.5) is 13.2 Å². The fourth-order valence-electron chi connectivity index (χ4n) is 1.58. The quantitative estimate of drug-likeness (QED) is 0.865. The van der Waals surface area contributed by atoms with Crippen LogP contribution in [-0.4, -0.2) is 31.2 Å². The van der Waals surface area contributed by atoms with E-state index in [1.54, 1.807) is 7.11 Å². The van der Waals surface area contributed by atoms with Crippen molar-refractivity contribution in [2.24, 2.45) is 0 Å². The Kier molecular flexibility index (Phi) is 9.24. The fourth-order valence-corrected chi connectivity index (χ4v) is 1.58. The van der Waals surface area contributed by atoms with Crippen LogP contribution in [0.3, 0.4) is 0 Å². The fraction of sp³-hybridized carbons (Fsp3) is 0.533. The molecule has 0 bridgehead atoms. The van der Waals surface area contributed by atoms with E-state index in [-0.39, 0.29) is 5.56 Å². The van der Waals surface area contributed by atoms with Crippen LogP contribution in [0.1, 0.15) is 31.4 Å². The minimum absolute atomic E-state index is 0.0224. The Bertz CT molecular complexity index is 457. The summed E-state index contributed by atoms with van der Waals surface area (Å²) in [7, 11) is 1.71. The molecule has 1 N–H and O–H groups in total. The first-order valence-electron chi connectivity index (χ1n) is 6.81. The maximum absolute atomic E-state index is 12.1. The average molecular weight is 322 g/mol. The number of hydrogen-bond donors (Lipinski definition) is 1. The Morgan fingerprint density at radius 2 is 1.91 bits per heavy atom. The molecular formula is C15H21F3O4. The SMILES string of the molecule is CCCOC.CCc1ccc(OC(F)(F)F)c(CC(=O)O)c1. The predicted molar refractivity (Wildman–Crippen MR) is 76.0 cm³/mol. The molecule has 0 aliphatic carbocycles. The predicted octanol–water partition coefficient (Wildman–Crippen LogP) is 3.82. The van der Waals surface area contributed by atoms with Gasteiger partial charge in [-0.3, -0.25) is 4.79 Å². The number of alkyl halides is 3. The zero-order chi connectivity index (χ0) is 17.2. The number of ether oxygens (including phenoxy) is 2. The van der Waals surface area contributed by atoms with Crippen LogP contribution in [-0.2, 0) is 22.4 Å². The highest BCUT2D eigenvalue weighted by Crippen LogP contribution is 2.27. The lowest BCUT2D eigenvalue weighted by Crippen LogP contribution is -2.18. The topological polar surface area (TPSA) is 55.8 Å². The lowest BCUT2D eigenvalue weighted by molar-refractivity contribution is -0.274. The zero-order valence-electron chi connectivity index (χ0n) is 12.9. The molecule has 1 rings (SSSR count). The number of carbonyl (C=O) groups is 1. The van der Waals surface area contributed by atoms with Gasteiger partial charge in [0.25, 0.3) is 0 Å². The number of benzene rings is 1. The van der Waals surface area contributed by atoms with Crippen molar-refractivity contribution in [3.05, 3.63) is 29.3 Å². The van der Waals surface area contributed by atoms with Gasteiger partial charge >= 0.3 is 12.3 Å². The molecule has 0 aliphatic heterocycles. The van der Waals surface area contributed by atoms with E-state index >= 15 is 0 Å². The van der Waals surface area contributed by atoms with Gasteiger partial charge in [-0.05, 0) is 24.5 Å². The third-order valence-corrected chi connectivity index (χ3v) is 2.51. The van der Waals surface area contributed by atoms with Gasteiger partial charge in [0.2, 0.25) is 0 Å². The largest absolute Gasteiger partial charge is 0.573 e. The van der Waals surface area contributed by atoms with E-state index in [0.29, 0.717) is 6.42 Å². The third-order valence-electron chi connectivity index (χ3n) is 2.51. The summed E-state index contributed by atoms with van der Waals surface area (Å²) in [6.45, 7) is 4.80. The second kappa shape index (κ2) is 10.0. The summed E-state index contributed by atoms with van der Waals surface area (Å²) in [5.41, 5.74) is 0.782. The summed E-state index contributed by atoms with van der Waals surface area (Å²) >= 11 is 0. The summed E-state index contributed by atoms with van der Waals surface area (Å²) in [6.07, 6.45) is -3.59.